The Bertz CT molecular complexity index is 344. The topological polar surface area (TPSA) is 60.2 Å². The number of aromatic nitrogens is 1. The van der Waals surface area contributed by atoms with Crippen LogP contribution in [0.25, 0.3) is 0 Å². The van der Waals surface area contributed by atoms with Crippen molar-refractivity contribution < 1.29 is 4.74 Å². The van der Waals surface area contributed by atoms with Crippen molar-refractivity contribution >= 4 is 5.82 Å². The van der Waals surface area contributed by atoms with Gasteiger partial charge in [-0.05, 0) is 44.9 Å². The van der Waals surface area contributed by atoms with E-state index in [2.05, 4.69) is 24.1 Å². The predicted molar refractivity (Wildman–Crippen MR) is 75.5 cm³/mol. The third-order valence-electron chi connectivity index (χ3n) is 3.02. The highest BCUT2D eigenvalue weighted by Gasteiger charge is 2.18. The van der Waals surface area contributed by atoms with Crippen molar-refractivity contribution in [1.29, 1.82) is 0 Å². The molecule has 0 aromatic carbocycles. The second-order valence-corrected chi connectivity index (χ2v) is 4.47. The van der Waals surface area contributed by atoms with Gasteiger partial charge < -0.3 is 15.8 Å². The van der Waals surface area contributed by atoms with E-state index in [1.807, 2.05) is 19.1 Å². The average molecular weight is 251 g/mol. The maximum atomic E-state index is 5.89. The Labute approximate surface area is 110 Å². The van der Waals surface area contributed by atoms with Gasteiger partial charge in [0.2, 0.25) is 0 Å². The van der Waals surface area contributed by atoms with Gasteiger partial charge >= 0.3 is 0 Å². The van der Waals surface area contributed by atoms with Gasteiger partial charge in [-0.1, -0.05) is 13.0 Å². The molecule has 0 bridgehead atoms. The van der Waals surface area contributed by atoms with Crippen molar-refractivity contribution in [3.63, 3.8) is 0 Å². The van der Waals surface area contributed by atoms with E-state index in [4.69, 9.17) is 10.5 Å². The van der Waals surface area contributed by atoms with E-state index in [9.17, 15) is 0 Å². The van der Waals surface area contributed by atoms with Crippen molar-refractivity contribution in [2.24, 2.45) is 0 Å². The molecule has 0 aliphatic rings. The lowest BCUT2D eigenvalue weighted by Crippen LogP contribution is -2.42. The summed E-state index contributed by atoms with van der Waals surface area (Å²) in [7, 11) is 0. The first-order valence-corrected chi connectivity index (χ1v) is 6.73. The lowest BCUT2D eigenvalue weighted by molar-refractivity contribution is 0.0477. The van der Waals surface area contributed by atoms with Crippen molar-refractivity contribution in [2.45, 2.75) is 45.8 Å². The monoisotopic (exact) mass is 251 g/mol. The zero-order chi connectivity index (χ0) is 13.4. The number of nitrogens with two attached hydrogens (primary N) is 1. The number of ether oxygens (including phenoxy) is 1. The highest BCUT2D eigenvalue weighted by molar-refractivity contribution is 5.39. The molecule has 0 amide bonds. The maximum Gasteiger partial charge on any atom is 0.126 e. The summed E-state index contributed by atoms with van der Waals surface area (Å²) in [5.74, 6) is 0.615. The molecule has 1 rings (SSSR count). The summed E-state index contributed by atoms with van der Waals surface area (Å²) in [6, 6.07) is 4.23. The van der Waals surface area contributed by atoms with Gasteiger partial charge in [-0.2, -0.15) is 0 Å². The Balaban J connectivity index is 2.68. The number of pyridine rings is 1. The molecule has 0 radical (unpaired) electrons. The van der Waals surface area contributed by atoms with E-state index in [1.165, 1.54) is 0 Å². The van der Waals surface area contributed by atoms with E-state index < -0.39 is 0 Å². The summed E-state index contributed by atoms with van der Waals surface area (Å²) in [5, 5.41) is 3.52. The molecule has 0 spiro atoms. The fourth-order valence-corrected chi connectivity index (χ4v) is 1.97. The molecule has 102 valence electrons. The van der Waals surface area contributed by atoms with Crippen LogP contribution in [0.5, 0.6) is 0 Å². The van der Waals surface area contributed by atoms with Gasteiger partial charge in [0, 0.05) is 18.8 Å². The number of hydrogen-bond acceptors (Lipinski definition) is 4. The summed E-state index contributed by atoms with van der Waals surface area (Å²) >= 11 is 0. The molecule has 1 heterocycles. The number of anilines is 1. The largest absolute Gasteiger partial charge is 0.383 e. The van der Waals surface area contributed by atoms with Crippen LogP contribution < -0.4 is 11.1 Å². The van der Waals surface area contributed by atoms with Crippen LogP contribution in [0.15, 0.2) is 18.3 Å². The highest BCUT2D eigenvalue weighted by atomic mass is 16.5. The third-order valence-corrected chi connectivity index (χ3v) is 3.02. The molecular weight excluding hydrogens is 226 g/mol. The second kappa shape index (κ2) is 8.06. The molecule has 0 fully saturated rings. The molecule has 4 heteroatoms. The SMILES string of the molecule is CCCNC(Cc1cccnc1N)C(C)OCC. The summed E-state index contributed by atoms with van der Waals surface area (Å²) < 4.78 is 5.69. The Morgan fingerprint density at radius 1 is 1.44 bits per heavy atom. The summed E-state index contributed by atoms with van der Waals surface area (Å²) in [5.41, 5.74) is 6.97. The minimum Gasteiger partial charge on any atom is -0.383 e. The van der Waals surface area contributed by atoms with Gasteiger partial charge in [0.25, 0.3) is 0 Å². The van der Waals surface area contributed by atoms with E-state index in [0.717, 1.165) is 31.6 Å². The zero-order valence-electron chi connectivity index (χ0n) is 11.6. The third kappa shape index (κ3) is 4.63. The predicted octanol–water partition coefficient (Wildman–Crippen LogP) is 2.00. The molecule has 3 N–H and O–H groups in total. The quantitative estimate of drug-likeness (QED) is 0.742. The van der Waals surface area contributed by atoms with Gasteiger partial charge in [-0.15, -0.1) is 0 Å². The van der Waals surface area contributed by atoms with Crippen LogP contribution in [0.2, 0.25) is 0 Å². The molecular formula is C14H25N3O. The van der Waals surface area contributed by atoms with Crippen LogP contribution in [0.1, 0.15) is 32.8 Å². The minimum absolute atomic E-state index is 0.168. The van der Waals surface area contributed by atoms with Crippen LogP contribution in [-0.4, -0.2) is 30.3 Å². The Hall–Kier alpha value is -1.13. The molecule has 0 saturated carbocycles. The summed E-state index contributed by atoms with van der Waals surface area (Å²) in [6.07, 6.45) is 3.85. The second-order valence-electron chi connectivity index (χ2n) is 4.47. The zero-order valence-corrected chi connectivity index (χ0v) is 11.6. The molecule has 2 unspecified atom stereocenters. The fraction of sp³-hybridized carbons (Fsp3) is 0.643. The van der Waals surface area contributed by atoms with Crippen LogP contribution in [0.4, 0.5) is 5.82 Å². The molecule has 0 aliphatic heterocycles. The molecule has 0 saturated heterocycles. The van der Waals surface area contributed by atoms with Crippen molar-refractivity contribution in [3.8, 4) is 0 Å². The maximum absolute atomic E-state index is 5.89. The molecule has 0 aliphatic carbocycles. The first-order chi connectivity index (χ1) is 8.69. The van der Waals surface area contributed by atoms with Crippen LogP contribution in [0, 0.1) is 0 Å². The Morgan fingerprint density at radius 2 is 2.22 bits per heavy atom. The summed E-state index contributed by atoms with van der Waals surface area (Å²) in [4.78, 5) is 4.13. The molecule has 1 aromatic rings. The number of nitrogens with one attached hydrogen (secondary N) is 1. The lowest BCUT2D eigenvalue weighted by Gasteiger charge is -2.25. The van der Waals surface area contributed by atoms with Gasteiger partial charge in [-0.25, -0.2) is 4.98 Å². The number of hydrogen-bond donors (Lipinski definition) is 2. The van der Waals surface area contributed by atoms with Crippen molar-refractivity contribution in [1.82, 2.24) is 10.3 Å². The normalized spacial score (nSPS) is 14.4. The first-order valence-electron chi connectivity index (χ1n) is 6.73. The van der Waals surface area contributed by atoms with E-state index in [1.54, 1.807) is 6.20 Å². The number of nitrogen functional groups attached to an aromatic ring is 1. The van der Waals surface area contributed by atoms with Gasteiger partial charge in [0.05, 0.1) is 6.10 Å². The smallest absolute Gasteiger partial charge is 0.126 e. The fourth-order valence-electron chi connectivity index (χ4n) is 1.97. The van der Waals surface area contributed by atoms with E-state index >= 15 is 0 Å². The molecule has 4 nitrogen and oxygen atoms in total. The van der Waals surface area contributed by atoms with Gasteiger partial charge in [-0.3, -0.25) is 0 Å². The van der Waals surface area contributed by atoms with E-state index in [-0.39, 0.29) is 12.1 Å². The van der Waals surface area contributed by atoms with E-state index in [0.29, 0.717) is 5.82 Å². The van der Waals surface area contributed by atoms with Crippen LogP contribution in [-0.2, 0) is 11.2 Å². The first kappa shape index (κ1) is 14.9. The lowest BCUT2D eigenvalue weighted by atomic mass is 10.0. The molecule has 2 atom stereocenters. The summed E-state index contributed by atoms with van der Waals surface area (Å²) in [6.45, 7) is 8.00. The molecule has 1 aromatic heterocycles. The molecule has 18 heavy (non-hydrogen) atoms. The van der Waals surface area contributed by atoms with Crippen molar-refractivity contribution in [3.05, 3.63) is 23.9 Å². The van der Waals surface area contributed by atoms with Crippen LogP contribution >= 0.6 is 0 Å². The van der Waals surface area contributed by atoms with Crippen LogP contribution in [0.3, 0.4) is 0 Å². The minimum atomic E-state index is 0.168. The van der Waals surface area contributed by atoms with Gasteiger partial charge in [0.15, 0.2) is 0 Å². The van der Waals surface area contributed by atoms with Crippen molar-refractivity contribution in [2.75, 3.05) is 18.9 Å². The number of rotatable bonds is 8. The standard InChI is InChI=1S/C14H25N3O/c1-4-8-16-13(11(3)18-5-2)10-12-7-6-9-17-14(12)15/h6-7,9,11,13,16H,4-5,8,10H2,1-3H3,(H2,15,17). The average Bonchev–Trinajstić information content (AvgIpc) is 2.36. The highest BCUT2D eigenvalue weighted by Crippen LogP contribution is 2.13. The van der Waals surface area contributed by atoms with Gasteiger partial charge in [0.1, 0.15) is 5.82 Å². The Morgan fingerprint density at radius 3 is 2.83 bits per heavy atom. The number of nitrogens with zero attached hydrogens (tertiary/aromatic N) is 1. The Kier molecular flexibility index (Phi) is 6.68.